The van der Waals surface area contributed by atoms with Gasteiger partial charge in [0.2, 0.25) is 0 Å². The molecular weight excluding hydrogens is 176 g/mol. The van der Waals surface area contributed by atoms with E-state index in [1.807, 2.05) is 25.1 Å². The Morgan fingerprint density at radius 3 is 2.93 bits per heavy atom. The first-order valence-corrected chi connectivity index (χ1v) is 5.09. The average Bonchev–Trinajstić information content (AvgIpc) is 2.96. The molecule has 2 rings (SSSR count). The van der Waals surface area contributed by atoms with Crippen molar-refractivity contribution in [1.29, 1.82) is 0 Å². The minimum absolute atomic E-state index is 0.620. The first-order chi connectivity index (χ1) is 6.81. The maximum Gasteiger partial charge on any atom is 0.144 e. The molecule has 0 heterocycles. The highest BCUT2D eigenvalue weighted by molar-refractivity contribution is 5.73. The summed E-state index contributed by atoms with van der Waals surface area (Å²) in [6, 6.07) is 6.48. The number of ether oxygens (including phenoxy) is 1. The van der Waals surface area contributed by atoms with E-state index in [4.69, 9.17) is 10.5 Å². The van der Waals surface area contributed by atoms with Crippen molar-refractivity contribution < 1.29 is 4.74 Å². The van der Waals surface area contributed by atoms with Crippen LogP contribution in [0.4, 0.5) is 11.4 Å². The molecule has 3 heteroatoms. The Morgan fingerprint density at radius 2 is 2.29 bits per heavy atom. The van der Waals surface area contributed by atoms with Gasteiger partial charge in [-0.05, 0) is 31.9 Å². The highest BCUT2D eigenvalue weighted by atomic mass is 16.5. The van der Waals surface area contributed by atoms with E-state index in [1.165, 1.54) is 12.8 Å². The molecule has 0 radical (unpaired) electrons. The van der Waals surface area contributed by atoms with Gasteiger partial charge >= 0.3 is 0 Å². The van der Waals surface area contributed by atoms with Gasteiger partial charge in [0, 0.05) is 6.04 Å². The van der Waals surface area contributed by atoms with Crippen molar-refractivity contribution in [2.75, 3.05) is 17.7 Å². The normalized spacial score (nSPS) is 15.2. The van der Waals surface area contributed by atoms with Crippen LogP contribution in [0, 0.1) is 0 Å². The van der Waals surface area contributed by atoms with Crippen molar-refractivity contribution in [3.05, 3.63) is 18.2 Å². The van der Waals surface area contributed by atoms with Gasteiger partial charge in [-0.25, -0.2) is 0 Å². The molecule has 76 valence electrons. The van der Waals surface area contributed by atoms with Crippen molar-refractivity contribution in [2.45, 2.75) is 25.8 Å². The fraction of sp³-hybridized carbons (Fsp3) is 0.455. The van der Waals surface area contributed by atoms with E-state index in [9.17, 15) is 0 Å². The molecule has 0 spiro atoms. The number of hydrogen-bond donors (Lipinski definition) is 2. The molecule has 0 saturated heterocycles. The Kier molecular flexibility index (Phi) is 2.48. The Hall–Kier alpha value is -1.38. The van der Waals surface area contributed by atoms with Crippen molar-refractivity contribution in [1.82, 2.24) is 0 Å². The summed E-state index contributed by atoms with van der Waals surface area (Å²) in [6.45, 7) is 2.61. The average molecular weight is 192 g/mol. The van der Waals surface area contributed by atoms with E-state index in [0.29, 0.717) is 12.6 Å². The zero-order valence-electron chi connectivity index (χ0n) is 8.42. The van der Waals surface area contributed by atoms with Crippen LogP contribution < -0.4 is 15.8 Å². The first kappa shape index (κ1) is 9.19. The molecule has 1 fully saturated rings. The summed E-state index contributed by atoms with van der Waals surface area (Å²) >= 11 is 0. The molecule has 3 N–H and O–H groups in total. The van der Waals surface area contributed by atoms with E-state index in [1.54, 1.807) is 0 Å². The summed E-state index contributed by atoms with van der Waals surface area (Å²) in [7, 11) is 0. The smallest absolute Gasteiger partial charge is 0.144 e. The molecule has 0 aromatic heterocycles. The summed E-state index contributed by atoms with van der Waals surface area (Å²) < 4.78 is 5.41. The Balaban J connectivity index is 2.16. The number of nitrogen functional groups attached to an aromatic ring is 1. The molecule has 0 amide bonds. The molecule has 14 heavy (non-hydrogen) atoms. The molecule has 1 aromatic rings. The third kappa shape index (κ3) is 1.92. The first-order valence-electron chi connectivity index (χ1n) is 5.09. The van der Waals surface area contributed by atoms with Crippen LogP contribution >= 0.6 is 0 Å². The minimum Gasteiger partial charge on any atom is -0.492 e. The second kappa shape index (κ2) is 3.78. The zero-order valence-corrected chi connectivity index (χ0v) is 8.42. The number of para-hydroxylation sites is 1. The number of hydrogen-bond acceptors (Lipinski definition) is 3. The third-order valence-corrected chi connectivity index (χ3v) is 2.30. The fourth-order valence-corrected chi connectivity index (χ4v) is 1.40. The topological polar surface area (TPSA) is 47.3 Å². The lowest BCUT2D eigenvalue weighted by Gasteiger charge is -2.12. The van der Waals surface area contributed by atoms with Gasteiger partial charge in [-0.15, -0.1) is 0 Å². The molecule has 1 aliphatic carbocycles. The van der Waals surface area contributed by atoms with E-state index in [-0.39, 0.29) is 0 Å². The second-order valence-corrected chi connectivity index (χ2v) is 3.57. The highest BCUT2D eigenvalue weighted by Crippen LogP contribution is 2.33. The molecule has 0 unspecified atom stereocenters. The van der Waals surface area contributed by atoms with Crippen LogP contribution in [-0.4, -0.2) is 12.6 Å². The van der Waals surface area contributed by atoms with E-state index in [2.05, 4.69) is 5.32 Å². The van der Waals surface area contributed by atoms with Gasteiger partial charge in [-0.3, -0.25) is 0 Å². The van der Waals surface area contributed by atoms with Crippen LogP contribution in [0.2, 0.25) is 0 Å². The van der Waals surface area contributed by atoms with Crippen LogP contribution in [-0.2, 0) is 0 Å². The molecule has 0 aliphatic heterocycles. The Morgan fingerprint density at radius 1 is 1.50 bits per heavy atom. The lowest BCUT2D eigenvalue weighted by Crippen LogP contribution is -2.05. The lowest BCUT2D eigenvalue weighted by atomic mass is 10.2. The predicted molar refractivity (Wildman–Crippen MR) is 58.7 cm³/mol. The minimum atomic E-state index is 0.620. The van der Waals surface area contributed by atoms with Crippen LogP contribution in [0.25, 0.3) is 0 Å². The molecule has 1 aliphatic rings. The zero-order chi connectivity index (χ0) is 9.97. The van der Waals surface area contributed by atoms with E-state index >= 15 is 0 Å². The Labute approximate surface area is 84.3 Å². The van der Waals surface area contributed by atoms with Gasteiger partial charge in [0.15, 0.2) is 0 Å². The third-order valence-electron chi connectivity index (χ3n) is 2.30. The van der Waals surface area contributed by atoms with Gasteiger partial charge in [0.1, 0.15) is 5.75 Å². The predicted octanol–water partition coefficient (Wildman–Crippen LogP) is 2.24. The maximum atomic E-state index is 5.96. The fourth-order valence-electron chi connectivity index (χ4n) is 1.40. The number of benzene rings is 1. The van der Waals surface area contributed by atoms with Crippen molar-refractivity contribution in [3.8, 4) is 5.75 Å². The van der Waals surface area contributed by atoms with Crippen LogP contribution in [0.3, 0.4) is 0 Å². The number of nitrogens with one attached hydrogen (secondary N) is 1. The van der Waals surface area contributed by atoms with E-state index < -0.39 is 0 Å². The summed E-state index contributed by atoms with van der Waals surface area (Å²) in [6.07, 6.45) is 2.50. The lowest BCUT2D eigenvalue weighted by molar-refractivity contribution is 0.342. The maximum absolute atomic E-state index is 5.96. The number of anilines is 2. The summed E-state index contributed by atoms with van der Waals surface area (Å²) in [5.74, 6) is 0.776. The van der Waals surface area contributed by atoms with Gasteiger partial charge in [0.25, 0.3) is 0 Å². The molecule has 0 atom stereocenters. The summed E-state index contributed by atoms with van der Waals surface area (Å²) in [5, 5.41) is 3.38. The largest absolute Gasteiger partial charge is 0.492 e. The van der Waals surface area contributed by atoms with E-state index in [0.717, 1.165) is 17.1 Å². The molecule has 1 saturated carbocycles. The highest BCUT2D eigenvalue weighted by Gasteiger charge is 2.22. The molecular formula is C11H16N2O. The van der Waals surface area contributed by atoms with Crippen molar-refractivity contribution in [3.63, 3.8) is 0 Å². The summed E-state index contributed by atoms with van der Waals surface area (Å²) in [4.78, 5) is 0. The second-order valence-electron chi connectivity index (χ2n) is 3.57. The van der Waals surface area contributed by atoms with Gasteiger partial charge in [0.05, 0.1) is 18.0 Å². The quantitative estimate of drug-likeness (QED) is 0.719. The van der Waals surface area contributed by atoms with Gasteiger partial charge in [-0.2, -0.15) is 0 Å². The number of nitrogens with two attached hydrogens (primary N) is 1. The van der Waals surface area contributed by atoms with Crippen molar-refractivity contribution >= 4 is 11.4 Å². The monoisotopic (exact) mass is 192 g/mol. The van der Waals surface area contributed by atoms with Crippen LogP contribution in [0.1, 0.15) is 19.8 Å². The summed E-state index contributed by atoms with van der Waals surface area (Å²) in [5.41, 5.74) is 7.68. The molecule has 0 bridgehead atoms. The Bertz CT molecular complexity index is 321. The van der Waals surface area contributed by atoms with Gasteiger partial charge < -0.3 is 15.8 Å². The van der Waals surface area contributed by atoms with Crippen molar-refractivity contribution in [2.24, 2.45) is 0 Å². The molecule has 3 nitrogen and oxygen atoms in total. The molecule has 1 aromatic carbocycles. The standard InChI is InChI=1S/C11H16N2O/c1-2-14-10-5-3-4-9(11(10)12)13-8-6-7-8/h3-5,8,13H,2,6-7,12H2,1H3. The van der Waals surface area contributed by atoms with Crippen LogP contribution in [0.15, 0.2) is 18.2 Å². The SMILES string of the molecule is CCOc1cccc(NC2CC2)c1N. The number of rotatable bonds is 4. The van der Waals surface area contributed by atoms with Gasteiger partial charge in [-0.1, -0.05) is 6.07 Å². The van der Waals surface area contributed by atoms with Crippen LogP contribution in [0.5, 0.6) is 5.75 Å².